The quantitative estimate of drug-likeness (QED) is 0.159. The summed E-state index contributed by atoms with van der Waals surface area (Å²) in [5.41, 5.74) is 5.88. The third-order valence-corrected chi connectivity index (χ3v) is 6.35. The van der Waals surface area contributed by atoms with Crippen molar-refractivity contribution in [2.45, 2.75) is 0 Å². The van der Waals surface area contributed by atoms with Gasteiger partial charge in [0.15, 0.2) is 0 Å². The van der Waals surface area contributed by atoms with Gasteiger partial charge < -0.3 is 10.1 Å². The average molecular weight is 525 g/mol. The third-order valence-electron chi connectivity index (χ3n) is 5.22. The normalized spacial score (nSPS) is 10.8. The number of benzene rings is 4. The largest absolute Gasteiger partial charge is 0.457 e. The second-order valence-electron chi connectivity index (χ2n) is 7.88. The van der Waals surface area contributed by atoms with E-state index in [4.69, 9.17) is 16.3 Å². The molecule has 0 spiro atoms. The number of carbonyl (C=O) groups is 1. The van der Waals surface area contributed by atoms with Crippen molar-refractivity contribution in [2.24, 2.45) is 5.10 Å². The van der Waals surface area contributed by atoms with E-state index >= 15 is 0 Å². The molecule has 0 aliphatic rings. The smallest absolute Gasteiger partial charge is 0.256 e. The SMILES string of the molecule is O=C(Nc1sc(NN=Cc2cccc(Oc3ccccc3)c2)nc1-c1ccccc1)c1ccc(Cl)cc1. The number of nitrogens with one attached hydrogen (secondary N) is 2. The van der Waals surface area contributed by atoms with E-state index in [1.54, 1.807) is 30.5 Å². The topological polar surface area (TPSA) is 75.6 Å². The summed E-state index contributed by atoms with van der Waals surface area (Å²) in [6.07, 6.45) is 1.69. The number of anilines is 2. The highest BCUT2D eigenvalue weighted by Gasteiger charge is 2.16. The van der Waals surface area contributed by atoms with Gasteiger partial charge in [-0.2, -0.15) is 5.10 Å². The minimum Gasteiger partial charge on any atom is -0.457 e. The molecule has 0 fully saturated rings. The number of rotatable bonds is 8. The van der Waals surface area contributed by atoms with E-state index in [0.29, 0.717) is 32.2 Å². The molecule has 8 heteroatoms. The fourth-order valence-corrected chi connectivity index (χ4v) is 4.42. The van der Waals surface area contributed by atoms with Crippen LogP contribution in [0.3, 0.4) is 0 Å². The van der Waals surface area contributed by atoms with Gasteiger partial charge in [0.05, 0.1) is 6.21 Å². The summed E-state index contributed by atoms with van der Waals surface area (Å²) < 4.78 is 5.89. The van der Waals surface area contributed by atoms with Crippen molar-refractivity contribution >= 4 is 45.2 Å². The molecule has 5 rings (SSSR count). The number of nitrogens with zero attached hydrogens (tertiary/aromatic N) is 2. The molecule has 0 atom stereocenters. The Hall–Kier alpha value is -4.46. The van der Waals surface area contributed by atoms with Crippen LogP contribution in [0.15, 0.2) is 114 Å². The summed E-state index contributed by atoms with van der Waals surface area (Å²) in [6, 6.07) is 33.6. The fourth-order valence-electron chi connectivity index (χ4n) is 3.47. The minimum atomic E-state index is -0.247. The molecule has 1 amide bonds. The highest BCUT2D eigenvalue weighted by molar-refractivity contribution is 7.20. The van der Waals surface area contributed by atoms with Gasteiger partial charge in [0.25, 0.3) is 5.91 Å². The van der Waals surface area contributed by atoms with Crippen LogP contribution in [0.25, 0.3) is 11.3 Å². The first-order valence-electron chi connectivity index (χ1n) is 11.4. The Morgan fingerprint density at radius 3 is 2.32 bits per heavy atom. The maximum absolute atomic E-state index is 12.8. The van der Waals surface area contributed by atoms with Crippen molar-refractivity contribution < 1.29 is 9.53 Å². The molecule has 0 unspecified atom stereocenters. The number of amides is 1. The molecule has 5 aromatic rings. The highest BCUT2D eigenvalue weighted by Crippen LogP contribution is 2.36. The van der Waals surface area contributed by atoms with Gasteiger partial charge in [-0.25, -0.2) is 4.98 Å². The Kier molecular flexibility index (Phi) is 7.55. The zero-order valence-electron chi connectivity index (χ0n) is 19.5. The fraction of sp³-hybridized carbons (Fsp3) is 0. The number of thiazole rings is 1. The summed E-state index contributed by atoms with van der Waals surface area (Å²) in [7, 11) is 0. The third kappa shape index (κ3) is 6.41. The van der Waals surface area contributed by atoms with Crippen LogP contribution in [0.1, 0.15) is 15.9 Å². The molecular formula is C29H21ClN4O2S. The second kappa shape index (κ2) is 11.5. The van der Waals surface area contributed by atoms with Crippen LogP contribution in [-0.2, 0) is 0 Å². The van der Waals surface area contributed by atoms with Crippen LogP contribution in [0.5, 0.6) is 11.5 Å². The molecule has 2 N–H and O–H groups in total. The van der Waals surface area contributed by atoms with Crippen molar-refractivity contribution in [1.82, 2.24) is 4.98 Å². The molecule has 1 heterocycles. The molecule has 4 aromatic carbocycles. The number of carbonyl (C=O) groups excluding carboxylic acids is 1. The molecule has 0 saturated heterocycles. The van der Waals surface area contributed by atoms with Crippen LogP contribution in [0, 0.1) is 0 Å². The lowest BCUT2D eigenvalue weighted by molar-refractivity contribution is 0.102. The van der Waals surface area contributed by atoms with Crippen LogP contribution >= 0.6 is 22.9 Å². The van der Waals surface area contributed by atoms with Crippen LogP contribution in [0.2, 0.25) is 5.02 Å². The maximum atomic E-state index is 12.8. The first-order chi connectivity index (χ1) is 18.1. The lowest BCUT2D eigenvalue weighted by atomic mass is 10.1. The van der Waals surface area contributed by atoms with Gasteiger partial charge in [0, 0.05) is 16.1 Å². The number of ether oxygens (including phenoxy) is 1. The van der Waals surface area contributed by atoms with Gasteiger partial charge in [-0.3, -0.25) is 10.2 Å². The number of hydrogen-bond acceptors (Lipinski definition) is 6. The molecule has 37 heavy (non-hydrogen) atoms. The predicted octanol–water partition coefficient (Wildman–Crippen LogP) is 7.95. The number of para-hydroxylation sites is 1. The summed E-state index contributed by atoms with van der Waals surface area (Å²) >= 11 is 7.26. The molecule has 0 saturated carbocycles. The number of hydrazone groups is 1. The van der Waals surface area contributed by atoms with Crippen molar-refractivity contribution in [2.75, 3.05) is 10.7 Å². The van der Waals surface area contributed by atoms with Crippen molar-refractivity contribution in [3.05, 3.63) is 125 Å². The van der Waals surface area contributed by atoms with Gasteiger partial charge >= 0.3 is 0 Å². The van der Waals surface area contributed by atoms with Crippen LogP contribution < -0.4 is 15.5 Å². The van der Waals surface area contributed by atoms with Crippen LogP contribution in [-0.4, -0.2) is 17.1 Å². The first kappa shape index (κ1) is 24.2. The zero-order chi connectivity index (χ0) is 25.5. The minimum absolute atomic E-state index is 0.247. The maximum Gasteiger partial charge on any atom is 0.256 e. The Balaban J connectivity index is 1.33. The molecule has 0 radical (unpaired) electrons. The Morgan fingerprint density at radius 1 is 0.865 bits per heavy atom. The summed E-state index contributed by atoms with van der Waals surface area (Å²) in [5, 5.41) is 9.04. The van der Waals surface area contributed by atoms with Gasteiger partial charge in [0.1, 0.15) is 22.2 Å². The molecule has 0 aliphatic heterocycles. The predicted molar refractivity (Wildman–Crippen MR) is 151 cm³/mol. The molecule has 182 valence electrons. The average Bonchev–Trinajstić information content (AvgIpc) is 3.32. The number of aromatic nitrogens is 1. The van der Waals surface area contributed by atoms with Crippen LogP contribution in [0.4, 0.5) is 10.1 Å². The van der Waals surface area contributed by atoms with Crippen molar-refractivity contribution in [3.8, 4) is 22.8 Å². The molecule has 0 bridgehead atoms. The standard InChI is InChI=1S/C29H21ClN4O2S/c30-23-16-14-22(15-17-23)27(35)33-28-26(21-9-3-1-4-10-21)32-29(37-28)34-31-19-20-8-7-13-25(18-20)36-24-11-5-2-6-12-24/h1-19H,(H,32,34)(H,33,35). The van der Waals surface area contributed by atoms with E-state index in [1.165, 1.54) is 11.3 Å². The summed E-state index contributed by atoms with van der Waals surface area (Å²) in [6.45, 7) is 0. The van der Waals surface area contributed by atoms with Gasteiger partial charge in [0.2, 0.25) is 5.13 Å². The zero-order valence-corrected chi connectivity index (χ0v) is 21.0. The lowest BCUT2D eigenvalue weighted by Crippen LogP contribution is -2.11. The Bertz CT molecular complexity index is 1520. The molecular weight excluding hydrogens is 504 g/mol. The second-order valence-corrected chi connectivity index (χ2v) is 9.32. The van der Waals surface area contributed by atoms with Gasteiger partial charge in [-0.15, -0.1) is 0 Å². The van der Waals surface area contributed by atoms with Crippen molar-refractivity contribution in [3.63, 3.8) is 0 Å². The first-order valence-corrected chi connectivity index (χ1v) is 12.6. The van der Waals surface area contributed by atoms with E-state index in [0.717, 1.165) is 16.9 Å². The highest BCUT2D eigenvalue weighted by atomic mass is 35.5. The number of halogens is 1. The lowest BCUT2D eigenvalue weighted by Gasteiger charge is -2.05. The molecule has 0 aliphatic carbocycles. The molecule has 1 aromatic heterocycles. The monoisotopic (exact) mass is 524 g/mol. The summed E-state index contributed by atoms with van der Waals surface area (Å²) in [4.78, 5) is 17.5. The Labute approximate surface area is 223 Å². The Morgan fingerprint density at radius 2 is 1.57 bits per heavy atom. The number of hydrogen-bond donors (Lipinski definition) is 2. The van der Waals surface area contributed by atoms with E-state index < -0.39 is 0 Å². The molecule has 6 nitrogen and oxygen atoms in total. The van der Waals surface area contributed by atoms with E-state index in [1.807, 2.05) is 84.9 Å². The van der Waals surface area contributed by atoms with Gasteiger partial charge in [-0.1, -0.05) is 83.6 Å². The summed E-state index contributed by atoms with van der Waals surface area (Å²) in [5.74, 6) is 1.23. The van der Waals surface area contributed by atoms with E-state index in [2.05, 4.69) is 20.8 Å². The van der Waals surface area contributed by atoms with Gasteiger partial charge in [-0.05, 0) is 54.1 Å². The van der Waals surface area contributed by atoms with E-state index in [-0.39, 0.29) is 5.91 Å². The van der Waals surface area contributed by atoms with E-state index in [9.17, 15) is 4.79 Å². The van der Waals surface area contributed by atoms with Crippen molar-refractivity contribution in [1.29, 1.82) is 0 Å².